The van der Waals surface area contributed by atoms with Gasteiger partial charge in [0.1, 0.15) is 5.75 Å². The Hall–Kier alpha value is -3.53. The molecule has 1 aliphatic rings. The van der Waals surface area contributed by atoms with Crippen LogP contribution in [0.3, 0.4) is 0 Å². The highest BCUT2D eigenvalue weighted by atomic mass is 32.2. The molecule has 0 amide bonds. The van der Waals surface area contributed by atoms with Gasteiger partial charge in [-0.15, -0.1) is 0 Å². The number of aliphatic carboxylic acids is 1. The molecule has 0 unspecified atom stereocenters. The normalized spacial score (nSPS) is 12.5. The predicted molar refractivity (Wildman–Crippen MR) is 169 cm³/mol. The quantitative estimate of drug-likeness (QED) is 0.207. The number of primary sulfonamides is 1. The Morgan fingerprint density at radius 2 is 1.81 bits per heavy atom. The van der Waals surface area contributed by atoms with E-state index in [4.69, 9.17) is 14.9 Å². The highest BCUT2D eigenvalue weighted by Crippen LogP contribution is 2.42. The van der Waals surface area contributed by atoms with Crippen molar-refractivity contribution in [2.24, 2.45) is 5.14 Å². The Morgan fingerprint density at radius 1 is 1.10 bits per heavy atom. The van der Waals surface area contributed by atoms with Crippen LogP contribution in [0.5, 0.6) is 5.75 Å². The lowest BCUT2D eigenvalue weighted by atomic mass is 9.87. The Bertz CT molecular complexity index is 1650. The van der Waals surface area contributed by atoms with Crippen LogP contribution in [-0.4, -0.2) is 47.5 Å². The molecule has 0 radical (unpaired) electrons. The Kier molecular flexibility index (Phi) is 11.1. The van der Waals surface area contributed by atoms with E-state index in [0.29, 0.717) is 25.9 Å². The molecule has 0 saturated carbocycles. The number of aryl methyl sites for hydroxylation is 1. The number of carbonyl (C=O) groups is 1. The van der Waals surface area contributed by atoms with E-state index in [1.165, 1.54) is 5.56 Å². The third kappa shape index (κ3) is 8.50. The summed E-state index contributed by atoms with van der Waals surface area (Å²) in [7, 11) is -3.32. The molecule has 5 rings (SSSR count). The monoisotopic (exact) mass is 594 g/mol. The fraction of sp³-hybridized carbons (Fsp3) is 0.394. The van der Waals surface area contributed by atoms with Crippen molar-refractivity contribution >= 4 is 37.7 Å². The number of aliphatic hydroxyl groups is 1. The molecule has 0 saturated heterocycles. The first-order valence-electron chi connectivity index (χ1n) is 14.3. The summed E-state index contributed by atoms with van der Waals surface area (Å²) in [5.41, 5.74) is 5.13. The number of nitrogens with zero attached hydrogens (tertiary/aromatic N) is 1. The van der Waals surface area contributed by atoms with E-state index in [-0.39, 0.29) is 12.2 Å². The number of sulfonamides is 1. The van der Waals surface area contributed by atoms with Crippen molar-refractivity contribution in [3.8, 4) is 16.9 Å². The van der Waals surface area contributed by atoms with Crippen LogP contribution in [0.25, 0.3) is 32.8 Å². The van der Waals surface area contributed by atoms with E-state index >= 15 is 0 Å². The molecule has 2 heterocycles. The lowest BCUT2D eigenvalue weighted by molar-refractivity contribution is -0.136. The molecule has 0 fully saturated rings. The molecule has 4 N–H and O–H groups in total. The molecule has 1 aliphatic heterocycles. The fourth-order valence-corrected chi connectivity index (χ4v) is 5.79. The maximum atomic E-state index is 11.6. The molecule has 0 atom stereocenters. The minimum Gasteiger partial charge on any atom is -0.493 e. The number of hydrogen-bond donors (Lipinski definition) is 3. The average Bonchev–Trinajstić information content (AvgIpc) is 2.93. The summed E-state index contributed by atoms with van der Waals surface area (Å²) in [6, 6.07) is 16.2. The van der Waals surface area contributed by atoms with E-state index in [9.17, 15) is 23.4 Å². The minimum atomic E-state index is -3.32. The maximum absolute atomic E-state index is 11.6. The van der Waals surface area contributed by atoms with Gasteiger partial charge in [0.25, 0.3) is 0 Å². The van der Waals surface area contributed by atoms with Crippen molar-refractivity contribution in [1.82, 2.24) is 4.98 Å². The van der Waals surface area contributed by atoms with Crippen molar-refractivity contribution in [2.75, 3.05) is 12.4 Å². The third-order valence-corrected chi connectivity index (χ3v) is 7.87. The highest BCUT2D eigenvalue weighted by Gasteiger charge is 2.22. The van der Waals surface area contributed by atoms with Crippen molar-refractivity contribution in [3.63, 3.8) is 0 Å². The van der Waals surface area contributed by atoms with Crippen molar-refractivity contribution in [3.05, 3.63) is 71.4 Å². The average molecular weight is 595 g/mol. The lowest BCUT2D eigenvalue weighted by Gasteiger charge is -2.21. The molecule has 0 aliphatic carbocycles. The number of ether oxygens (including phenoxy) is 1. The van der Waals surface area contributed by atoms with Gasteiger partial charge in [-0.2, -0.15) is 0 Å². The summed E-state index contributed by atoms with van der Waals surface area (Å²) < 4.78 is 26.8. The van der Waals surface area contributed by atoms with Crippen LogP contribution >= 0.6 is 0 Å². The molecule has 4 aromatic rings. The topological polar surface area (TPSA) is 140 Å². The Labute approximate surface area is 248 Å². The molecule has 226 valence electrons. The van der Waals surface area contributed by atoms with E-state index in [0.717, 1.165) is 56.1 Å². The van der Waals surface area contributed by atoms with Gasteiger partial charge in [0.2, 0.25) is 10.0 Å². The maximum Gasteiger partial charge on any atom is 0.307 e. The van der Waals surface area contributed by atoms with E-state index in [1.807, 2.05) is 57.3 Å². The molecule has 9 heteroatoms. The largest absolute Gasteiger partial charge is 0.493 e. The van der Waals surface area contributed by atoms with Crippen LogP contribution in [-0.2, 0) is 27.7 Å². The zero-order valence-corrected chi connectivity index (χ0v) is 25.9. The van der Waals surface area contributed by atoms with Gasteiger partial charge < -0.3 is 14.9 Å². The number of carboxylic acid groups (broad SMARTS) is 1. The SMILES string of the molecule is CC.CC(C)(O)CCCCS(N)(=O)=O.Cc1cc2ccccc2c(-c2ccc3c4c(ccnc24)CCO3)c1CC(=O)O. The second kappa shape index (κ2) is 14.1. The van der Waals surface area contributed by atoms with Gasteiger partial charge >= 0.3 is 5.97 Å². The van der Waals surface area contributed by atoms with Gasteiger partial charge in [-0.25, -0.2) is 13.6 Å². The third-order valence-electron chi connectivity index (χ3n) is 7.01. The number of aromatic nitrogens is 1. The standard InChI is InChI=1S/C24H19NO3.C7H17NO3S.C2H6/c1-14-12-16-4-2-3-5-17(16)23(19(14)13-21(26)27)18-6-7-20-22-15(9-11-28-20)8-10-25-24(18)22;1-7(2,9)5-3-4-6-12(8,10)11;1-2/h2-8,10,12H,9,11,13H2,1H3,(H,26,27);9H,3-6H2,1-2H3,(H2,8,10,11);1-2H3. The molecule has 0 spiro atoms. The lowest BCUT2D eigenvalue weighted by Crippen LogP contribution is -2.20. The Morgan fingerprint density at radius 3 is 2.48 bits per heavy atom. The van der Waals surface area contributed by atoms with Crippen molar-refractivity contribution in [2.45, 2.75) is 72.3 Å². The number of benzene rings is 3. The molecule has 3 aromatic carbocycles. The number of hydrogen-bond acceptors (Lipinski definition) is 6. The second-order valence-corrected chi connectivity index (χ2v) is 12.6. The van der Waals surface area contributed by atoms with Crippen LogP contribution < -0.4 is 9.88 Å². The predicted octanol–water partition coefficient (Wildman–Crippen LogP) is 6.17. The molecule has 8 nitrogen and oxygen atoms in total. The summed E-state index contributed by atoms with van der Waals surface area (Å²) in [5.74, 6) is 0.0202. The van der Waals surface area contributed by atoms with Gasteiger partial charge in [-0.1, -0.05) is 44.2 Å². The van der Waals surface area contributed by atoms with Crippen LogP contribution in [0, 0.1) is 6.92 Å². The van der Waals surface area contributed by atoms with Gasteiger partial charge in [0, 0.05) is 23.6 Å². The summed E-state index contributed by atoms with van der Waals surface area (Å²) in [4.78, 5) is 16.3. The molecule has 42 heavy (non-hydrogen) atoms. The van der Waals surface area contributed by atoms with E-state index in [2.05, 4.69) is 18.2 Å². The van der Waals surface area contributed by atoms with Gasteiger partial charge in [-0.05, 0) is 91.3 Å². The number of unbranched alkanes of at least 4 members (excludes halogenated alkanes) is 1. The van der Waals surface area contributed by atoms with Crippen LogP contribution in [0.4, 0.5) is 0 Å². The highest BCUT2D eigenvalue weighted by molar-refractivity contribution is 7.89. The summed E-state index contributed by atoms with van der Waals surface area (Å²) in [5, 5.41) is 26.8. The van der Waals surface area contributed by atoms with Crippen LogP contribution in [0.15, 0.2) is 54.7 Å². The number of rotatable bonds is 8. The smallest absolute Gasteiger partial charge is 0.307 e. The van der Waals surface area contributed by atoms with Crippen LogP contribution in [0.1, 0.15) is 63.6 Å². The first-order valence-corrected chi connectivity index (χ1v) is 16.1. The van der Waals surface area contributed by atoms with Crippen molar-refractivity contribution < 1.29 is 28.2 Å². The zero-order valence-electron chi connectivity index (χ0n) is 25.1. The second-order valence-electron chi connectivity index (χ2n) is 10.9. The minimum absolute atomic E-state index is 0.00306. The Balaban J connectivity index is 0.000000295. The summed E-state index contributed by atoms with van der Waals surface area (Å²) >= 11 is 0. The van der Waals surface area contributed by atoms with Gasteiger partial charge in [0.05, 0.1) is 29.9 Å². The molecule has 1 aromatic heterocycles. The summed E-state index contributed by atoms with van der Waals surface area (Å²) in [6.45, 7) is 10.0. The molecular weight excluding hydrogens is 552 g/mol. The zero-order chi connectivity index (χ0) is 31.1. The van der Waals surface area contributed by atoms with Crippen molar-refractivity contribution in [1.29, 1.82) is 0 Å². The fourth-order valence-electron chi connectivity index (χ4n) is 5.18. The van der Waals surface area contributed by atoms with Crippen LogP contribution in [0.2, 0.25) is 0 Å². The number of pyridine rings is 1. The number of fused-ring (bicyclic) bond motifs is 1. The van der Waals surface area contributed by atoms with Gasteiger partial charge in [0.15, 0.2) is 0 Å². The number of nitrogens with two attached hydrogens (primary N) is 1. The van der Waals surface area contributed by atoms with E-state index < -0.39 is 21.6 Å². The molecular formula is C33H42N2O6S. The first kappa shape index (κ1) is 33.0. The number of carboxylic acids is 1. The van der Waals surface area contributed by atoms with E-state index in [1.54, 1.807) is 13.8 Å². The van der Waals surface area contributed by atoms with Gasteiger partial charge in [-0.3, -0.25) is 9.78 Å². The summed E-state index contributed by atoms with van der Waals surface area (Å²) in [6.07, 6.45) is 4.47. The first-order chi connectivity index (χ1) is 19.8. The molecule has 0 bridgehead atoms.